The number of hydrogen-bond acceptors (Lipinski definition) is 4. The molecule has 0 aliphatic rings. The van der Waals surface area contributed by atoms with E-state index in [2.05, 4.69) is 52.2 Å². The smallest absolute Gasteiger partial charge is 0.243 e. The maximum Gasteiger partial charge on any atom is 0.243 e. The molecule has 166 valence electrons. The maximum atomic E-state index is 11.9. The van der Waals surface area contributed by atoms with Gasteiger partial charge in [0.05, 0.1) is 6.61 Å². The summed E-state index contributed by atoms with van der Waals surface area (Å²) in [5.74, 6) is 1.55. The van der Waals surface area contributed by atoms with Gasteiger partial charge in [-0.25, -0.2) is 4.99 Å². The number of thiophene rings is 1. The van der Waals surface area contributed by atoms with Crippen molar-refractivity contribution in [3.63, 3.8) is 0 Å². The van der Waals surface area contributed by atoms with Crippen LogP contribution >= 0.6 is 35.3 Å². The molecule has 0 atom stereocenters. The number of nitrogens with one attached hydrogen (secondary N) is 2. The summed E-state index contributed by atoms with van der Waals surface area (Å²) < 4.78 is 5.70. The Kier molecular flexibility index (Phi) is 13.2. The van der Waals surface area contributed by atoms with E-state index in [1.807, 2.05) is 12.1 Å². The van der Waals surface area contributed by atoms with Crippen LogP contribution in [0.3, 0.4) is 0 Å². The third-order valence-corrected chi connectivity index (χ3v) is 5.13. The number of aliphatic imine (C=N–C) groups is 1. The average molecular weight is 545 g/mol. The number of benzene rings is 1. The van der Waals surface area contributed by atoms with Crippen molar-refractivity contribution >= 4 is 47.2 Å². The standard InChI is InChI=1S/C22H32N4O2S.HI/c1-4-14-28-19-8-5-7-18(16-19)10-12-23-22(25-17-21(27)26(2)3)24-13-11-20-9-6-15-29-20;/h5-9,15-16H,4,10-14,17H2,1-3H3,(H2,23,24,25);1H. The van der Waals surface area contributed by atoms with E-state index in [4.69, 9.17) is 4.74 Å². The van der Waals surface area contributed by atoms with Crippen molar-refractivity contribution in [2.24, 2.45) is 4.99 Å². The molecule has 2 N–H and O–H groups in total. The molecule has 2 aromatic rings. The van der Waals surface area contributed by atoms with Crippen LogP contribution in [-0.2, 0) is 17.6 Å². The van der Waals surface area contributed by atoms with Crippen molar-refractivity contribution in [2.75, 3.05) is 40.3 Å². The molecule has 6 nitrogen and oxygen atoms in total. The van der Waals surface area contributed by atoms with E-state index in [0.29, 0.717) is 5.96 Å². The number of amides is 1. The van der Waals surface area contributed by atoms with E-state index >= 15 is 0 Å². The van der Waals surface area contributed by atoms with Gasteiger partial charge in [-0.2, -0.15) is 0 Å². The molecular weight excluding hydrogens is 511 g/mol. The molecule has 1 aromatic carbocycles. The normalized spacial score (nSPS) is 10.8. The second-order valence-corrected chi connectivity index (χ2v) is 7.91. The van der Waals surface area contributed by atoms with Gasteiger partial charge in [0.2, 0.25) is 5.91 Å². The fraction of sp³-hybridized carbons (Fsp3) is 0.455. The minimum Gasteiger partial charge on any atom is -0.494 e. The number of carbonyl (C=O) groups excluding carboxylic acids is 1. The van der Waals surface area contributed by atoms with Gasteiger partial charge >= 0.3 is 0 Å². The Morgan fingerprint density at radius 1 is 1.13 bits per heavy atom. The van der Waals surface area contributed by atoms with Gasteiger partial charge in [0, 0.05) is 32.1 Å². The van der Waals surface area contributed by atoms with Crippen LogP contribution in [0.25, 0.3) is 0 Å². The molecule has 0 spiro atoms. The number of guanidine groups is 1. The quantitative estimate of drug-likeness (QED) is 0.258. The number of ether oxygens (including phenoxy) is 1. The van der Waals surface area contributed by atoms with Crippen molar-refractivity contribution in [1.29, 1.82) is 0 Å². The summed E-state index contributed by atoms with van der Waals surface area (Å²) in [5.41, 5.74) is 1.20. The van der Waals surface area contributed by atoms with Crippen LogP contribution in [0.5, 0.6) is 5.75 Å². The zero-order valence-corrected chi connectivity index (χ0v) is 21.2. The van der Waals surface area contributed by atoms with Gasteiger partial charge in [0.15, 0.2) is 5.96 Å². The van der Waals surface area contributed by atoms with E-state index < -0.39 is 0 Å². The Hall–Kier alpha value is -1.81. The first-order valence-corrected chi connectivity index (χ1v) is 10.9. The predicted molar refractivity (Wildman–Crippen MR) is 136 cm³/mol. The van der Waals surface area contributed by atoms with Crippen molar-refractivity contribution in [2.45, 2.75) is 26.2 Å². The highest BCUT2D eigenvalue weighted by Crippen LogP contribution is 2.13. The Balaban J connectivity index is 0.00000450. The first-order valence-electron chi connectivity index (χ1n) is 10.0. The molecule has 0 fully saturated rings. The average Bonchev–Trinajstić information content (AvgIpc) is 3.23. The number of carbonyl (C=O) groups is 1. The maximum absolute atomic E-state index is 11.9. The van der Waals surface area contributed by atoms with Crippen LogP contribution in [0.15, 0.2) is 46.8 Å². The summed E-state index contributed by atoms with van der Waals surface area (Å²) in [4.78, 5) is 19.2. The highest BCUT2D eigenvalue weighted by molar-refractivity contribution is 14.0. The van der Waals surface area contributed by atoms with Crippen LogP contribution in [0.2, 0.25) is 0 Å². The summed E-state index contributed by atoms with van der Waals surface area (Å²) in [6.45, 7) is 4.44. The zero-order valence-electron chi connectivity index (χ0n) is 18.0. The molecule has 30 heavy (non-hydrogen) atoms. The SMILES string of the molecule is CCCOc1cccc(CCNC(=NCC(=O)N(C)C)NCCc2cccs2)c1.I. The van der Waals surface area contributed by atoms with Crippen molar-refractivity contribution in [3.05, 3.63) is 52.2 Å². The van der Waals surface area contributed by atoms with Gasteiger partial charge in [0.1, 0.15) is 12.3 Å². The van der Waals surface area contributed by atoms with Gasteiger partial charge in [0.25, 0.3) is 0 Å². The molecule has 0 bridgehead atoms. The molecule has 0 aliphatic carbocycles. The molecule has 1 amide bonds. The molecule has 0 aliphatic heterocycles. The molecule has 2 rings (SSSR count). The molecule has 1 aromatic heterocycles. The summed E-state index contributed by atoms with van der Waals surface area (Å²) >= 11 is 1.75. The van der Waals surface area contributed by atoms with E-state index in [0.717, 1.165) is 44.7 Å². The van der Waals surface area contributed by atoms with Gasteiger partial charge < -0.3 is 20.3 Å². The van der Waals surface area contributed by atoms with Gasteiger partial charge in [-0.3, -0.25) is 4.79 Å². The van der Waals surface area contributed by atoms with Crippen molar-refractivity contribution < 1.29 is 9.53 Å². The monoisotopic (exact) mass is 544 g/mol. The number of hydrogen-bond donors (Lipinski definition) is 2. The lowest BCUT2D eigenvalue weighted by Crippen LogP contribution is -2.40. The van der Waals surface area contributed by atoms with Crippen LogP contribution in [0.1, 0.15) is 23.8 Å². The predicted octanol–water partition coefficient (Wildman–Crippen LogP) is 3.56. The minimum absolute atomic E-state index is 0. The molecule has 1 heterocycles. The number of halogens is 1. The Morgan fingerprint density at radius 3 is 2.57 bits per heavy atom. The third-order valence-electron chi connectivity index (χ3n) is 4.19. The van der Waals surface area contributed by atoms with E-state index in [-0.39, 0.29) is 36.4 Å². The Labute approximate surface area is 201 Å². The van der Waals surface area contributed by atoms with Crippen LogP contribution in [0, 0.1) is 0 Å². The van der Waals surface area contributed by atoms with Crippen LogP contribution in [-0.4, -0.2) is 57.1 Å². The first kappa shape index (κ1) is 26.2. The van der Waals surface area contributed by atoms with Gasteiger partial charge in [-0.05, 0) is 48.4 Å². The number of rotatable bonds is 11. The highest BCUT2D eigenvalue weighted by Gasteiger charge is 2.05. The summed E-state index contributed by atoms with van der Waals surface area (Å²) in [6.07, 6.45) is 2.77. The first-order chi connectivity index (χ1) is 14.1. The molecule has 0 saturated heterocycles. The van der Waals surface area contributed by atoms with Crippen molar-refractivity contribution in [3.8, 4) is 5.75 Å². The summed E-state index contributed by atoms with van der Waals surface area (Å²) in [7, 11) is 3.48. The van der Waals surface area contributed by atoms with Crippen LogP contribution in [0.4, 0.5) is 0 Å². The molecule has 0 unspecified atom stereocenters. The second kappa shape index (κ2) is 15.1. The summed E-state index contributed by atoms with van der Waals surface area (Å²) in [5, 5.41) is 8.74. The molecular formula is C22H33IN4O2S. The fourth-order valence-electron chi connectivity index (χ4n) is 2.56. The van der Waals surface area contributed by atoms with Crippen LogP contribution < -0.4 is 15.4 Å². The highest BCUT2D eigenvalue weighted by atomic mass is 127. The summed E-state index contributed by atoms with van der Waals surface area (Å²) in [6, 6.07) is 12.4. The molecule has 8 heteroatoms. The molecule has 0 saturated carbocycles. The number of nitrogens with zero attached hydrogens (tertiary/aromatic N) is 2. The van der Waals surface area contributed by atoms with E-state index in [1.165, 1.54) is 10.4 Å². The third kappa shape index (κ3) is 10.3. The lowest BCUT2D eigenvalue weighted by molar-refractivity contribution is -0.127. The Bertz CT molecular complexity index is 766. The topological polar surface area (TPSA) is 66.0 Å². The largest absolute Gasteiger partial charge is 0.494 e. The zero-order chi connectivity index (χ0) is 20.9. The van der Waals surface area contributed by atoms with E-state index in [1.54, 1.807) is 30.3 Å². The second-order valence-electron chi connectivity index (χ2n) is 6.88. The lowest BCUT2D eigenvalue weighted by atomic mass is 10.1. The van der Waals surface area contributed by atoms with Crippen molar-refractivity contribution in [1.82, 2.24) is 15.5 Å². The van der Waals surface area contributed by atoms with Gasteiger partial charge in [-0.1, -0.05) is 25.1 Å². The van der Waals surface area contributed by atoms with Gasteiger partial charge in [-0.15, -0.1) is 35.3 Å². The fourth-order valence-corrected chi connectivity index (χ4v) is 3.27. The Morgan fingerprint density at radius 2 is 1.90 bits per heavy atom. The van der Waals surface area contributed by atoms with E-state index in [9.17, 15) is 4.79 Å². The number of likely N-dealkylation sites (N-methyl/N-ethyl adjacent to an activating group) is 1. The lowest BCUT2D eigenvalue weighted by Gasteiger charge is -2.14. The minimum atomic E-state index is -0.0230. The molecule has 0 radical (unpaired) electrons.